The van der Waals surface area contributed by atoms with Crippen LogP contribution >= 0.6 is 0 Å². The molecule has 0 radical (unpaired) electrons. The third-order valence-electron chi connectivity index (χ3n) is 4.92. The highest BCUT2D eigenvalue weighted by Gasteiger charge is 2.33. The topological polar surface area (TPSA) is 73.6 Å². The quantitative estimate of drug-likeness (QED) is 0.689. The zero-order valence-electron chi connectivity index (χ0n) is 16.5. The second-order valence-electron chi connectivity index (χ2n) is 7.16. The van der Waals surface area contributed by atoms with Crippen LogP contribution in [0.1, 0.15) is 51.2 Å². The van der Waals surface area contributed by atoms with Crippen molar-refractivity contribution in [3.8, 4) is 6.07 Å². The van der Waals surface area contributed by atoms with Gasteiger partial charge in [0, 0.05) is 19.1 Å². The average Bonchev–Trinajstić information content (AvgIpc) is 2.68. The largest absolute Gasteiger partial charge is 0.464 e. The second kappa shape index (κ2) is 10.1. The number of carbonyl (C=O) groups is 2. The van der Waals surface area contributed by atoms with Gasteiger partial charge < -0.3 is 9.64 Å². The third kappa shape index (κ3) is 5.80. The molecular weight excluding hydrogens is 342 g/mol. The first kappa shape index (κ1) is 20.9. The van der Waals surface area contributed by atoms with Gasteiger partial charge in [-0.1, -0.05) is 12.1 Å². The number of likely N-dealkylation sites (tertiary alicyclic amines) is 1. The summed E-state index contributed by atoms with van der Waals surface area (Å²) in [6.45, 7) is 7.69. The van der Waals surface area contributed by atoms with Gasteiger partial charge in [-0.3, -0.25) is 9.69 Å². The number of carbonyl (C=O) groups excluding carboxylic acids is 2. The van der Waals surface area contributed by atoms with E-state index in [1.54, 1.807) is 24.0 Å². The van der Waals surface area contributed by atoms with Gasteiger partial charge in [0.05, 0.1) is 24.8 Å². The van der Waals surface area contributed by atoms with E-state index in [0.717, 1.165) is 18.4 Å². The minimum atomic E-state index is -0.463. The Morgan fingerprint density at radius 3 is 2.59 bits per heavy atom. The molecular formula is C21H29N3O3. The number of benzene rings is 1. The first-order valence-electron chi connectivity index (χ1n) is 9.65. The highest BCUT2D eigenvalue weighted by atomic mass is 16.5. The summed E-state index contributed by atoms with van der Waals surface area (Å²) in [7, 11) is 0. The second-order valence-corrected chi connectivity index (χ2v) is 7.16. The molecule has 1 aliphatic heterocycles. The molecule has 1 atom stereocenters. The molecule has 0 bridgehead atoms. The molecule has 1 aliphatic rings. The van der Waals surface area contributed by atoms with Crippen LogP contribution in [0, 0.1) is 11.3 Å². The molecule has 0 saturated carbocycles. The Morgan fingerprint density at radius 1 is 1.30 bits per heavy atom. The minimum Gasteiger partial charge on any atom is -0.464 e. The van der Waals surface area contributed by atoms with Crippen LogP contribution in [0.15, 0.2) is 24.3 Å². The van der Waals surface area contributed by atoms with E-state index >= 15 is 0 Å². The van der Waals surface area contributed by atoms with Crippen molar-refractivity contribution < 1.29 is 14.3 Å². The van der Waals surface area contributed by atoms with E-state index in [9.17, 15) is 9.59 Å². The monoisotopic (exact) mass is 371 g/mol. The normalized spacial score (nSPS) is 17.0. The van der Waals surface area contributed by atoms with Crippen molar-refractivity contribution in [1.82, 2.24) is 9.80 Å². The lowest BCUT2D eigenvalue weighted by atomic mass is 10.0. The van der Waals surface area contributed by atoms with Gasteiger partial charge in [0.1, 0.15) is 6.04 Å². The standard InChI is InChI=1S/C21H29N3O3/c1-4-27-21(26)19-7-5-6-12-24(19)20(25)15-23(16(2)3)14-18-10-8-17(13-22)9-11-18/h8-11,16,19H,4-7,12,14-15H2,1-3H3. The molecule has 0 aliphatic carbocycles. The number of hydrogen-bond donors (Lipinski definition) is 0. The molecule has 1 aromatic carbocycles. The molecule has 146 valence electrons. The number of ether oxygens (including phenoxy) is 1. The molecule has 6 nitrogen and oxygen atoms in total. The van der Waals surface area contributed by atoms with E-state index in [1.165, 1.54) is 0 Å². The predicted molar refractivity (Wildman–Crippen MR) is 103 cm³/mol. The maximum Gasteiger partial charge on any atom is 0.328 e. The van der Waals surface area contributed by atoms with Crippen molar-refractivity contribution >= 4 is 11.9 Å². The minimum absolute atomic E-state index is 0.0323. The van der Waals surface area contributed by atoms with Crippen molar-refractivity contribution in [2.75, 3.05) is 19.7 Å². The lowest BCUT2D eigenvalue weighted by molar-refractivity contribution is -0.157. The van der Waals surface area contributed by atoms with Crippen LogP contribution in [0.25, 0.3) is 0 Å². The van der Waals surface area contributed by atoms with Crippen molar-refractivity contribution in [3.05, 3.63) is 35.4 Å². The van der Waals surface area contributed by atoms with E-state index in [0.29, 0.717) is 31.7 Å². The number of amides is 1. The molecule has 6 heteroatoms. The Labute approximate surface area is 161 Å². The SMILES string of the molecule is CCOC(=O)C1CCCCN1C(=O)CN(Cc1ccc(C#N)cc1)C(C)C. The summed E-state index contributed by atoms with van der Waals surface area (Å²) < 4.78 is 5.16. The average molecular weight is 371 g/mol. The van der Waals surface area contributed by atoms with Gasteiger partial charge in [0.25, 0.3) is 0 Å². The van der Waals surface area contributed by atoms with Gasteiger partial charge in [-0.2, -0.15) is 5.26 Å². The lowest BCUT2D eigenvalue weighted by Crippen LogP contribution is -2.52. The summed E-state index contributed by atoms with van der Waals surface area (Å²) in [6.07, 6.45) is 2.52. The van der Waals surface area contributed by atoms with Gasteiger partial charge in [-0.05, 0) is 57.7 Å². The maximum atomic E-state index is 13.0. The highest BCUT2D eigenvalue weighted by molar-refractivity contribution is 5.85. The molecule has 1 amide bonds. The van der Waals surface area contributed by atoms with Crippen LogP contribution in [0.4, 0.5) is 0 Å². The van der Waals surface area contributed by atoms with Gasteiger partial charge in [-0.25, -0.2) is 4.79 Å². The molecule has 27 heavy (non-hydrogen) atoms. The summed E-state index contributed by atoms with van der Waals surface area (Å²) in [4.78, 5) is 29.0. The van der Waals surface area contributed by atoms with E-state index in [4.69, 9.17) is 10.00 Å². The number of piperidine rings is 1. The van der Waals surface area contributed by atoms with Crippen molar-refractivity contribution in [2.45, 2.75) is 58.7 Å². The van der Waals surface area contributed by atoms with Crippen LogP contribution in [-0.4, -0.2) is 53.5 Å². The zero-order valence-corrected chi connectivity index (χ0v) is 16.5. The molecule has 1 heterocycles. The van der Waals surface area contributed by atoms with Crippen LogP contribution in [0.3, 0.4) is 0 Å². The number of nitrogens with zero attached hydrogens (tertiary/aromatic N) is 3. The molecule has 0 N–H and O–H groups in total. The molecule has 1 saturated heterocycles. The first-order chi connectivity index (χ1) is 13.0. The third-order valence-corrected chi connectivity index (χ3v) is 4.92. The predicted octanol–water partition coefficient (Wildman–Crippen LogP) is 2.71. The van der Waals surface area contributed by atoms with Crippen molar-refractivity contribution in [1.29, 1.82) is 5.26 Å². The molecule has 1 unspecified atom stereocenters. The number of rotatable bonds is 7. The molecule has 0 aromatic heterocycles. The van der Waals surface area contributed by atoms with E-state index in [2.05, 4.69) is 24.8 Å². The summed E-state index contributed by atoms with van der Waals surface area (Å²) in [5, 5.41) is 8.92. The summed E-state index contributed by atoms with van der Waals surface area (Å²) in [6, 6.07) is 9.24. The number of hydrogen-bond acceptors (Lipinski definition) is 5. The fraction of sp³-hybridized carbons (Fsp3) is 0.571. The fourth-order valence-electron chi connectivity index (χ4n) is 3.32. The summed E-state index contributed by atoms with van der Waals surface area (Å²) in [5.41, 5.74) is 1.67. The lowest BCUT2D eigenvalue weighted by Gasteiger charge is -2.36. The zero-order chi connectivity index (χ0) is 19.8. The maximum absolute atomic E-state index is 13.0. The van der Waals surface area contributed by atoms with Crippen LogP contribution < -0.4 is 0 Å². The summed E-state index contributed by atoms with van der Waals surface area (Å²) in [5.74, 6) is -0.330. The van der Waals surface area contributed by atoms with Crippen LogP contribution in [-0.2, 0) is 20.9 Å². The van der Waals surface area contributed by atoms with Gasteiger partial charge >= 0.3 is 5.97 Å². The Bertz CT molecular complexity index is 679. The molecule has 1 fully saturated rings. The van der Waals surface area contributed by atoms with Crippen LogP contribution in [0.2, 0.25) is 0 Å². The Hall–Kier alpha value is -2.39. The fourth-order valence-corrected chi connectivity index (χ4v) is 3.32. The summed E-state index contributed by atoms with van der Waals surface area (Å²) >= 11 is 0. The molecule has 2 rings (SSSR count). The molecule has 0 spiro atoms. The van der Waals surface area contributed by atoms with Crippen molar-refractivity contribution in [2.24, 2.45) is 0 Å². The Morgan fingerprint density at radius 2 is 2.00 bits per heavy atom. The van der Waals surface area contributed by atoms with Gasteiger partial charge in [-0.15, -0.1) is 0 Å². The highest BCUT2D eigenvalue weighted by Crippen LogP contribution is 2.19. The number of nitriles is 1. The van der Waals surface area contributed by atoms with E-state index in [-0.39, 0.29) is 24.5 Å². The number of esters is 1. The van der Waals surface area contributed by atoms with Crippen LogP contribution in [0.5, 0.6) is 0 Å². The van der Waals surface area contributed by atoms with Crippen molar-refractivity contribution in [3.63, 3.8) is 0 Å². The molecule has 1 aromatic rings. The first-order valence-corrected chi connectivity index (χ1v) is 9.65. The smallest absolute Gasteiger partial charge is 0.328 e. The van der Waals surface area contributed by atoms with E-state index in [1.807, 2.05) is 12.1 Å². The Kier molecular flexibility index (Phi) is 7.81. The van der Waals surface area contributed by atoms with E-state index < -0.39 is 6.04 Å². The Balaban J connectivity index is 2.06. The van der Waals surface area contributed by atoms with Gasteiger partial charge in [0.2, 0.25) is 5.91 Å². The van der Waals surface area contributed by atoms with Gasteiger partial charge in [0.15, 0.2) is 0 Å².